The number of nitrogens with one attached hydrogen (secondary N) is 2. The van der Waals surface area contributed by atoms with Crippen molar-refractivity contribution in [1.29, 1.82) is 0 Å². The van der Waals surface area contributed by atoms with Crippen LogP contribution in [0.5, 0.6) is 5.75 Å². The predicted octanol–water partition coefficient (Wildman–Crippen LogP) is 1.41. The van der Waals surface area contributed by atoms with Crippen LogP contribution in [0, 0.1) is 0 Å². The highest BCUT2D eigenvalue weighted by Gasteiger charge is 2.11. The first-order valence-electron chi connectivity index (χ1n) is 7.53. The van der Waals surface area contributed by atoms with Crippen LogP contribution < -0.4 is 10.6 Å². The first kappa shape index (κ1) is 16.5. The van der Waals surface area contributed by atoms with Crippen LogP contribution in [0.25, 0.3) is 0 Å². The van der Waals surface area contributed by atoms with E-state index in [2.05, 4.69) is 10.6 Å². The fourth-order valence-electron chi connectivity index (χ4n) is 2.11. The van der Waals surface area contributed by atoms with Gasteiger partial charge in [0, 0.05) is 13.1 Å². The number of phenolic OH excluding ortho intramolecular Hbond substituents is 1. The highest BCUT2D eigenvalue weighted by molar-refractivity contribution is 6.35. The average molecular weight is 312 g/mol. The molecule has 0 unspecified atom stereocenters. The monoisotopic (exact) mass is 312 g/mol. The Labute approximate surface area is 135 Å². The molecule has 2 rings (SSSR count). The Balaban J connectivity index is 1.64. The number of carbonyl (C=O) groups is 2. The van der Waals surface area contributed by atoms with Crippen LogP contribution in [-0.2, 0) is 22.4 Å². The van der Waals surface area contributed by atoms with Gasteiger partial charge in [0.05, 0.1) is 0 Å². The third kappa shape index (κ3) is 5.82. The molecule has 0 saturated carbocycles. The van der Waals surface area contributed by atoms with Crippen molar-refractivity contribution in [2.75, 3.05) is 13.1 Å². The molecule has 120 valence electrons. The van der Waals surface area contributed by atoms with E-state index in [0.29, 0.717) is 25.9 Å². The predicted molar refractivity (Wildman–Crippen MR) is 88.0 cm³/mol. The minimum absolute atomic E-state index is 0.204. The van der Waals surface area contributed by atoms with Crippen molar-refractivity contribution in [2.24, 2.45) is 0 Å². The van der Waals surface area contributed by atoms with Crippen molar-refractivity contribution in [3.63, 3.8) is 0 Å². The molecule has 0 aliphatic carbocycles. The first-order chi connectivity index (χ1) is 11.1. The molecule has 0 fully saturated rings. The summed E-state index contributed by atoms with van der Waals surface area (Å²) in [5, 5.41) is 14.4. The van der Waals surface area contributed by atoms with Crippen molar-refractivity contribution >= 4 is 11.8 Å². The van der Waals surface area contributed by atoms with Gasteiger partial charge in [0.1, 0.15) is 5.75 Å². The van der Waals surface area contributed by atoms with Crippen molar-refractivity contribution < 1.29 is 14.7 Å². The fraction of sp³-hybridized carbons (Fsp3) is 0.222. The molecule has 2 aromatic carbocycles. The Morgan fingerprint density at radius 2 is 1.22 bits per heavy atom. The second-order valence-corrected chi connectivity index (χ2v) is 5.16. The standard InChI is InChI=1S/C18H20N2O3/c21-16-8-6-15(7-9-16)11-13-20-18(23)17(22)19-12-10-14-4-2-1-3-5-14/h1-9,21H,10-13H2,(H,19,22)(H,20,23). The molecule has 0 atom stereocenters. The smallest absolute Gasteiger partial charge is 0.309 e. The van der Waals surface area contributed by atoms with Gasteiger partial charge in [0.25, 0.3) is 0 Å². The lowest BCUT2D eigenvalue weighted by molar-refractivity contribution is -0.139. The summed E-state index contributed by atoms with van der Waals surface area (Å²) in [5.74, 6) is -1.04. The van der Waals surface area contributed by atoms with Crippen molar-refractivity contribution in [1.82, 2.24) is 10.6 Å². The van der Waals surface area contributed by atoms with Crippen LogP contribution in [0.1, 0.15) is 11.1 Å². The van der Waals surface area contributed by atoms with E-state index in [4.69, 9.17) is 0 Å². The van der Waals surface area contributed by atoms with E-state index in [9.17, 15) is 14.7 Å². The summed E-state index contributed by atoms with van der Waals surface area (Å²) in [6, 6.07) is 16.5. The highest BCUT2D eigenvalue weighted by Crippen LogP contribution is 2.09. The lowest BCUT2D eigenvalue weighted by atomic mass is 10.1. The molecule has 0 aliphatic heterocycles. The van der Waals surface area contributed by atoms with E-state index in [0.717, 1.165) is 11.1 Å². The number of amides is 2. The van der Waals surface area contributed by atoms with E-state index in [1.54, 1.807) is 24.3 Å². The molecule has 2 amide bonds. The van der Waals surface area contributed by atoms with Crippen LogP contribution in [0.4, 0.5) is 0 Å². The van der Waals surface area contributed by atoms with Gasteiger partial charge in [-0.05, 0) is 36.1 Å². The molecule has 0 saturated heterocycles. The Morgan fingerprint density at radius 1 is 0.739 bits per heavy atom. The normalized spacial score (nSPS) is 10.1. The number of aromatic hydroxyl groups is 1. The molecule has 0 heterocycles. The average Bonchev–Trinajstić information content (AvgIpc) is 2.57. The molecule has 3 N–H and O–H groups in total. The maximum atomic E-state index is 11.7. The SMILES string of the molecule is O=C(NCCc1ccccc1)C(=O)NCCc1ccc(O)cc1. The fourth-order valence-corrected chi connectivity index (χ4v) is 2.11. The number of carbonyl (C=O) groups excluding carboxylic acids is 2. The number of phenols is 1. The molecule has 2 aromatic rings. The molecule has 0 spiro atoms. The topological polar surface area (TPSA) is 78.4 Å². The van der Waals surface area contributed by atoms with Crippen molar-refractivity contribution in [3.8, 4) is 5.75 Å². The Bertz CT molecular complexity index is 639. The second kappa shape index (κ2) is 8.58. The van der Waals surface area contributed by atoms with Crippen molar-refractivity contribution in [3.05, 3.63) is 65.7 Å². The molecule has 0 aromatic heterocycles. The van der Waals surface area contributed by atoms with Crippen LogP contribution in [0.2, 0.25) is 0 Å². The minimum Gasteiger partial charge on any atom is -0.508 e. The molecule has 5 heteroatoms. The van der Waals surface area contributed by atoms with Gasteiger partial charge in [0.15, 0.2) is 0 Å². The van der Waals surface area contributed by atoms with E-state index in [1.165, 1.54) is 0 Å². The van der Waals surface area contributed by atoms with Gasteiger partial charge in [-0.3, -0.25) is 9.59 Å². The van der Waals surface area contributed by atoms with E-state index < -0.39 is 11.8 Å². The lowest BCUT2D eigenvalue weighted by Gasteiger charge is -2.07. The molecule has 0 aliphatic rings. The number of benzene rings is 2. The molecule has 23 heavy (non-hydrogen) atoms. The minimum atomic E-state index is -0.628. The largest absolute Gasteiger partial charge is 0.508 e. The summed E-state index contributed by atoms with van der Waals surface area (Å²) in [6.45, 7) is 0.796. The Kier molecular flexibility index (Phi) is 6.17. The summed E-state index contributed by atoms with van der Waals surface area (Å²) in [6.07, 6.45) is 1.29. The van der Waals surface area contributed by atoms with Crippen LogP contribution in [0.15, 0.2) is 54.6 Å². The van der Waals surface area contributed by atoms with Gasteiger partial charge < -0.3 is 15.7 Å². The summed E-state index contributed by atoms with van der Waals surface area (Å²) >= 11 is 0. The van der Waals surface area contributed by atoms with Gasteiger partial charge in [-0.15, -0.1) is 0 Å². The van der Waals surface area contributed by atoms with E-state index in [-0.39, 0.29) is 5.75 Å². The van der Waals surface area contributed by atoms with Crippen molar-refractivity contribution in [2.45, 2.75) is 12.8 Å². The van der Waals surface area contributed by atoms with E-state index in [1.807, 2.05) is 30.3 Å². The molecular weight excluding hydrogens is 292 g/mol. The maximum Gasteiger partial charge on any atom is 0.309 e. The highest BCUT2D eigenvalue weighted by atomic mass is 16.3. The quantitative estimate of drug-likeness (QED) is 0.706. The lowest BCUT2D eigenvalue weighted by Crippen LogP contribution is -2.41. The summed E-state index contributed by atoms with van der Waals surface area (Å²) in [5.41, 5.74) is 2.09. The second-order valence-electron chi connectivity index (χ2n) is 5.16. The van der Waals surface area contributed by atoms with Gasteiger partial charge in [-0.25, -0.2) is 0 Å². The molecule has 5 nitrogen and oxygen atoms in total. The molecule has 0 bridgehead atoms. The summed E-state index contributed by atoms with van der Waals surface area (Å²) < 4.78 is 0. The Morgan fingerprint density at radius 3 is 1.74 bits per heavy atom. The number of rotatable bonds is 6. The summed E-state index contributed by atoms with van der Waals surface area (Å²) in [7, 11) is 0. The zero-order chi connectivity index (χ0) is 16.5. The summed E-state index contributed by atoms with van der Waals surface area (Å²) in [4.78, 5) is 23.3. The van der Waals surface area contributed by atoms with Gasteiger partial charge in [-0.2, -0.15) is 0 Å². The third-order valence-electron chi connectivity index (χ3n) is 3.38. The maximum absolute atomic E-state index is 11.7. The molecular formula is C18H20N2O3. The van der Waals surface area contributed by atoms with Crippen LogP contribution >= 0.6 is 0 Å². The first-order valence-corrected chi connectivity index (χ1v) is 7.53. The molecule has 0 radical (unpaired) electrons. The zero-order valence-electron chi connectivity index (χ0n) is 12.8. The van der Waals surface area contributed by atoms with Gasteiger partial charge in [0.2, 0.25) is 0 Å². The van der Waals surface area contributed by atoms with Crippen LogP contribution in [0.3, 0.4) is 0 Å². The number of hydrogen-bond acceptors (Lipinski definition) is 3. The van der Waals surface area contributed by atoms with Crippen LogP contribution in [-0.4, -0.2) is 30.0 Å². The van der Waals surface area contributed by atoms with Gasteiger partial charge in [-0.1, -0.05) is 42.5 Å². The zero-order valence-corrected chi connectivity index (χ0v) is 12.8. The van der Waals surface area contributed by atoms with Gasteiger partial charge >= 0.3 is 11.8 Å². The Hall–Kier alpha value is -2.82. The number of hydrogen-bond donors (Lipinski definition) is 3. The third-order valence-corrected chi connectivity index (χ3v) is 3.38. The van der Waals surface area contributed by atoms with E-state index >= 15 is 0 Å².